The van der Waals surface area contributed by atoms with Crippen LogP contribution in [0, 0.1) is 0 Å². The number of methoxy groups -OCH3 is 2. The van der Waals surface area contributed by atoms with Crippen molar-refractivity contribution in [1.29, 1.82) is 0 Å². The molecule has 2 aromatic carbocycles. The molecule has 0 bridgehead atoms. The Kier molecular flexibility index (Phi) is 7.50. The van der Waals surface area contributed by atoms with E-state index in [1.54, 1.807) is 37.5 Å². The van der Waals surface area contributed by atoms with Crippen molar-refractivity contribution < 1.29 is 14.2 Å². The molecule has 3 heterocycles. The number of hydrogen-bond acceptors (Lipinski definition) is 8. The molecule has 0 spiro atoms. The van der Waals surface area contributed by atoms with E-state index in [0.29, 0.717) is 42.3 Å². The zero-order valence-corrected chi connectivity index (χ0v) is 22.1. The molecule has 5 aromatic rings. The van der Waals surface area contributed by atoms with Gasteiger partial charge in [-0.15, -0.1) is 5.10 Å². The fourth-order valence-corrected chi connectivity index (χ4v) is 4.21. The summed E-state index contributed by atoms with van der Waals surface area (Å²) in [6.45, 7) is 2.19. The summed E-state index contributed by atoms with van der Waals surface area (Å²) >= 11 is 3.55. The van der Waals surface area contributed by atoms with E-state index in [1.807, 2.05) is 59.3 Å². The van der Waals surface area contributed by atoms with Crippen molar-refractivity contribution in [3.63, 3.8) is 0 Å². The zero-order chi connectivity index (χ0) is 25.6. The molecule has 0 saturated heterocycles. The van der Waals surface area contributed by atoms with E-state index >= 15 is 0 Å². The average Bonchev–Trinajstić information content (AvgIpc) is 3.59. The molecule has 0 aliphatic rings. The first kappa shape index (κ1) is 24.6. The van der Waals surface area contributed by atoms with Crippen molar-refractivity contribution in [3.05, 3.63) is 89.2 Å². The smallest absolute Gasteiger partial charge is 0.336 e. The zero-order valence-electron chi connectivity index (χ0n) is 20.5. The van der Waals surface area contributed by atoms with Gasteiger partial charge in [0.1, 0.15) is 22.7 Å². The van der Waals surface area contributed by atoms with Gasteiger partial charge in [-0.3, -0.25) is 0 Å². The SMILES string of the molecule is COc1ccc(CN(Cc2ccc(OC)cc2)c2nc(OCCn3ccnc3)nn3c(Br)cnc23)cc1. The lowest BCUT2D eigenvalue weighted by Gasteiger charge is -2.25. The Labute approximate surface area is 222 Å². The van der Waals surface area contributed by atoms with Gasteiger partial charge in [0.15, 0.2) is 11.5 Å². The molecule has 0 aliphatic carbocycles. The highest BCUT2D eigenvalue weighted by Crippen LogP contribution is 2.27. The van der Waals surface area contributed by atoms with Gasteiger partial charge in [0, 0.05) is 25.5 Å². The van der Waals surface area contributed by atoms with Gasteiger partial charge in [0.25, 0.3) is 0 Å². The van der Waals surface area contributed by atoms with Gasteiger partial charge in [-0.05, 0) is 51.3 Å². The third kappa shape index (κ3) is 5.83. The molecule has 11 heteroatoms. The molecule has 0 unspecified atom stereocenters. The Morgan fingerprint density at radius 3 is 2.14 bits per heavy atom. The summed E-state index contributed by atoms with van der Waals surface area (Å²) in [7, 11) is 3.32. The maximum Gasteiger partial charge on any atom is 0.336 e. The molecule has 0 atom stereocenters. The van der Waals surface area contributed by atoms with Crippen LogP contribution >= 0.6 is 15.9 Å². The Morgan fingerprint density at radius 2 is 1.57 bits per heavy atom. The molecule has 3 aromatic heterocycles. The topological polar surface area (TPSA) is 91.8 Å². The van der Waals surface area contributed by atoms with Crippen LogP contribution in [0.5, 0.6) is 17.5 Å². The van der Waals surface area contributed by atoms with E-state index in [9.17, 15) is 0 Å². The Morgan fingerprint density at radius 1 is 0.919 bits per heavy atom. The van der Waals surface area contributed by atoms with Gasteiger partial charge in [0.2, 0.25) is 0 Å². The summed E-state index contributed by atoms with van der Waals surface area (Å²) in [6, 6.07) is 16.2. The van der Waals surface area contributed by atoms with Gasteiger partial charge in [-0.25, -0.2) is 9.97 Å². The maximum atomic E-state index is 5.96. The minimum absolute atomic E-state index is 0.260. The third-order valence-electron chi connectivity index (χ3n) is 5.79. The van der Waals surface area contributed by atoms with Crippen LogP contribution in [0.2, 0.25) is 0 Å². The van der Waals surface area contributed by atoms with Crippen molar-refractivity contribution in [2.75, 3.05) is 25.7 Å². The summed E-state index contributed by atoms with van der Waals surface area (Å²) in [4.78, 5) is 15.6. The predicted molar refractivity (Wildman–Crippen MR) is 142 cm³/mol. The lowest BCUT2D eigenvalue weighted by molar-refractivity contribution is 0.271. The Bertz CT molecular complexity index is 1390. The average molecular weight is 564 g/mol. The molecule has 5 rings (SSSR count). The van der Waals surface area contributed by atoms with E-state index in [2.05, 4.69) is 35.9 Å². The molecule has 10 nitrogen and oxygen atoms in total. The molecule has 190 valence electrons. The first-order chi connectivity index (χ1) is 18.1. The number of halogens is 1. The monoisotopic (exact) mass is 563 g/mol. The van der Waals surface area contributed by atoms with Crippen LogP contribution in [0.15, 0.2) is 78.1 Å². The van der Waals surface area contributed by atoms with Gasteiger partial charge in [-0.2, -0.15) is 9.50 Å². The number of nitrogens with zero attached hydrogens (tertiary/aromatic N) is 7. The van der Waals surface area contributed by atoms with Crippen molar-refractivity contribution in [1.82, 2.24) is 29.1 Å². The fourth-order valence-electron chi connectivity index (χ4n) is 3.86. The maximum absolute atomic E-state index is 5.96. The number of ether oxygens (including phenoxy) is 3. The summed E-state index contributed by atoms with van der Waals surface area (Å²) in [5, 5.41) is 4.55. The van der Waals surface area contributed by atoms with Gasteiger partial charge in [0.05, 0.1) is 33.3 Å². The summed E-state index contributed by atoms with van der Waals surface area (Å²) < 4.78 is 21.0. The number of anilines is 1. The lowest BCUT2D eigenvalue weighted by Crippen LogP contribution is -2.25. The molecular weight excluding hydrogens is 538 g/mol. The van der Waals surface area contributed by atoms with Crippen molar-refractivity contribution >= 4 is 27.4 Å². The first-order valence-electron chi connectivity index (χ1n) is 11.6. The standard InChI is InChI=1S/C26H26BrN7O3/c1-35-21-7-3-19(4-8-21)16-33(17-20-5-9-22(36-2)10-6-20)25-24-29-15-23(27)34(24)31-26(30-25)37-14-13-32-12-11-28-18-32/h3-12,15,18H,13-14,16-17H2,1-2H3. The van der Waals surface area contributed by atoms with Crippen LogP contribution in [-0.2, 0) is 19.6 Å². The van der Waals surface area contributed by atoms with Crippen LogP contribution in [-0.4, -0.2) is 50.0 Å². The first-order valence-corrected chi connectivity index (χ1v) is 12.4. The predicted octanol–water partition coefficient (Wildman–Crippen LogP) is 4.39. The second kappa shape index (κ2) is 11.3. The molecule has 0 saturated carbocycles. The summed E-state index contributed by atoms with van der Waals surface area (Å²) in [6.07, 6.45) is 7.08. The summed E-state index contributed by atoms with van der Waals surface area (Å²) in [5.74, 6) is 2.27. The Balaban J connectivity index is 1.49. The highest BCUT2D eigenvalue weighted by Gasteiger charge is 2.20. The van der Waals surface area contributed by atoms with Crippen molar-refractivity contribution in [3.8, 4) is 17.5 Å². The van der Waals surface area contributed by atoms with Gasteiger partial charge < -0.3 is 23.7 Å². The number of benzene rings is 2. The van der Waals surface area contributed by atoms with Gasteiger partial charge >= 0.3 is 6.01 Å². The number of hydrogen-bond donors (Lipinski definition) is 0. The molecule has 0 fully saturated rings. The second-order valence-corrected chi connectivity index (χ2v) is 9.05. The van der Waals surface area contributed by atoms with E-state index in [0.717, 1.165) is 22.6 Å². The van der Waals surface area contributed by atoms with Crippen molar-refractivity contribution in [2.45, 2.75) is 19.6 Å². The number of imidazole rings is 2. The van der Waals surface area contributed by atoms with Crippen LogP contribution in [0.25, 0.3) is 5.65 Å². The normalized spacial score (nSPS) is 11.0. The van der Waals surface area contributed by atoms with Crippen LogP contribution in [0.3, 0.4) is 0 Å². The van der Waals surface area contributed by atoms with Crippen LogP contribution in [0.1, 0.15) is 11.1 Å². The van der Waals surface area contributed by atoms with E-state index in [4.69, 9.17) is 19.2 Å². The van der Waals surface area contributed by atoms with Crippen molar-refractivity contribution in [2.24, 2.45) is 0 Å². The molecule has 0 N–H and O–H groups in total. The molecule has 0 amide bonds. The highest BCUT2D eigenvalue weighted by molar-refractivity contribution is 9.10. The third-order valence-corrected chi connectivity index (χ3v) is 6.33. The molecule has 0 radical (unpaired) electrons. The van der Waals surface area contributed by atoms with E-state index in [1.165, 1.54) is 0 Å². The van der Waals surface area contributed by atoms with E-state index in [-0.39, 0.29) is 6.01 Å². The Hall–Kier alpha value is -4.12. The van der Waals surface area contributed by atoms with Crippen LogP contribution < -0.4 is 19.1 Å². The number of aromatic nitrogens is 6. The second-order valence-electron chi connectivity index (χ2n) is 8.24. The molecular formula is C26H26BrN7O3. The quantitative estimate of drug-likeness (QED) is 0.234. The largest absolute Gasteiger partial charge is 0.497 e. The van der Waals surface area contributed by atoms with Gasteiger partial charge in [-0.1, -0.05) is 24.3 Å². The fraction of sp³-hybridized carbons (Fsp3) is 0.231. The number of fused-ring (bicyclic) bond motifs is 1. The minimum Gasteiger partial charge on any atom is -0.497 e. The highest BCUT2D eigenvalue weighted by atomic mass is 79.9. The molecule has 0 aliphatic heterocycles. The molecule has 37 heavy (non-hydrogen) atoms. The van der Waals surface area contributed by atoms with E-state index < -0.39 is 0 Å². The summed E-state index contributed by atoms with van der Waals surface area (Å²) in [5.41, 5.74) is 2.81. The number of rotatable bonds is 11. The lowest BCUT2D eigenvalue weighted by atomic mass is 10.1. The minimum atomic E-state index is 0.260. The van der Waals surface area contributed by atoms with Crippen LogP contribution in [0.4, 0.5) is 5.82 Å².